The highest BCUT2D eigenvalue weighted by molar-refractivity contribution is 7.85. The van der Waals surface area contributed by atoms with E-state index in [-0.39, 0.29) is 6.61 Å². The van der Waals surface area contributed by atoms with Crippen LogP contribution in [0.5, 0.6) is 0 Å². The molecule has 0 heterocycles. The fraction of sp³-hybridized carbons (Fsp3) is 0.750. The lowest BCUT2D eigenvalue weighted by atomic mass is 10.3. The van der Waals surface area contributed by atoms with E-state index >= 15 is 0 Å². The van der Waals surface area contributed by atoms with Gasteiger partial charge in [0.1, 0.15) is 0 Å². The summed E-state index contributed by atoms with van der Waals surface area (Å²) in [7, 11) is -3.28. The number of rotatable bonds is 4. The van der Waals surface area contributed by atoms with Crippen molar-refractivity contribution >= 4 is 10.1 Å². The SMILES string of the molecule is CCCC#CCCOS(C)(=O)=O. The van der Waals surface area contributed by atoms with Gasteiger partial charge in [-0.25, -0.2) is 0 Å². The molecule has 0 aromatic heterocycles. The maximum absolute atomic E-state index is 10.4. The van der Waals surface area contributed by atoms with Gasteiger partial charge in [-0.15, -0.1) is 11.8 Å². The van der Waals surface area contributed by atoms with Crippen molar-refractivity contribution < 1.29 is 12.6 Å². The second kappa shape index (κ2) is 6.04. The Morgan fingerprint density at radius 3 is 2.33 bits per heavy atom. The average molecular weight is 190 g/mol. The highest BCUT2D eigenvalue weighted by Gasteiger charge is 1.98. The summed E-state index contributed by atoms with van der Waals surface area (Å²) < 4.78 is 25.4. The zero-order chi connectivity index (χ0) is 9.45. The molecule has 0 aromatic rings. The third-order valence-electron chi connectivity index (χ3n) is 1.02. The van der Waals surface area contributed by atoms with E-state index in [0.717, 1.165) is 19.1 Å². The lowest BCUT2D eigenvalue weighted by Crippen LogP contribution is -2.03. The third-order valence-corrected chi connectivity index (χ3v) is 1.62. The minimum atomic E-state index is -3.28. The second-order valence-electron chi connectivity index (χ2n) is 2.38. The van der Waals surface area contributed by atoms with Crippen LogP contribution in [0.2, 0.25) is 0 Å². The van der Waals surface area contributed by atoms with Crippen LogP contribution in [0.25, 0.3) is 0 Å². The second-order valence-corrected chi connectivity index (χ2v) is 4.02. The first-order valence-corrected chi connectivity index (χ1v) is 5.68. The van der Waals surface area contributed by atoms with Gasteiger partial charge in [-0.05, 0) is 6.42 Å². The largest absolute Gasteiger partial charge is 0.269 e. The van der Waals surface area contributed by atoms with Crippen molar-refractivity contribution in [2.45, 2.75) is 26.2 Å². The fourth-order valence-electron chi connectivity index (χ4n) is 0.546. The highest BCUT2D eigenvalue weighted by Crippen LogP contribution is 1.89. The van der Waals surface area contributed by atoms with E-state index in [9.17, 15) is 8.42 Å². The van der Waals surface area contributed by atoms with Gasteiger partial charge < -0.3 is 0 Å². The van der Waals surface area contributed by atoms with E-state index in [1.165, 1.54) is 0 Å². The third kappa shape index (κ3) is 9.47. The molecular formula is C8H14O3S. The van der Waals surface area contributed by atoms with Gasteiger partial charge in [0.25, 0.3) is 10.1 Å². The first-order chi connectivity index (χ1) is 5.56. The predicted molar refractivity (Wildman–Crippen MR) is 48.1 cm³/mol. The smallest absolute Gasteiger partial charge is 0.264 e. The monoisotopic (exact) mass is 190 g/mol. The normalized spacial score (nSPS) is 10.5. The van der Waals surface area contributed by atoms with Crippen molar-refractivity contribution in [1.29, 1.82) is 0 Å². The fourth-order valence-corrected chi connectivity index (χ4v) is 0.932. The van der Waals surface area contributed by atoms with E-state index in [1.807, 2.05) is 6.92 Å². The van der Waals surface area contributed by atoms with Gasteiger partial charge in [-0.1, -0.05) is 6.92 Å². The van der Waals surface area contributed by atoms with Crippen LogP contribution in [0, 0.1) is 11.8 Å². The molecule has 0 aliphatic heterocycles. The van der Waals surface area contributed by atoms with Gasteiger partial charge >= 0.3 is 0 Å². The first-order valence-electron chi connectivity index (χ1n) is 3.86. The molecular weight excluding hydrogens is 176 g/mol. The Balaban J connectivity index is 3.42. The van der Waals surface area contributed by atoms with Crippen LogP contribution >= 0.6 is 0 Å². The molecule has 0 spiro atoms. The molecule has 0 amide bonds. The summed E-state index contributed by atoms with van der Waals surface area (Å²) in [5.41, 5.74) is 0. The van der Waals surface area contributed by atoms with Crippen LogP contribution in [0.4, 0.5) is 0 Å². The van der Waals surface area contributed by atoms with Gasteiger partial charge in [0.2, 0.25) is 0 Å². The molecule has 0 saturated heterocycles. The van der Waals surface area contributed by atoms with Crippen molar-refractivity contribution in [3.8, 4) is 11.8 Å². The maximum Gasteiger partial charge on any atom is 0.264 e. The van der Waals surface area contributed by atoms with Crippen LogP contribution in [0.15, 0.2) is 0 Å². The molecule has 0 radical (unpaired) electrons. The molecule has 0 unspecified atom stereocenters. The molecule has 0 N–H and O–H groups in total. The summed E-state index contributed by atoms with van der Waals surface area (Å²) in [6.07, 6.45) is 3.40. The molecule has 12 heavy (non-hydrogen) atoms. The Kier molecular flexibility index (Phi) is 5.77. The van der Waals surface area contributed by atoms with E-state index < -0.39 is 10.1 Å². The molecule has 0 atom stereocenters. The van der Waals surface area contributed by atoms with E-state index in [0.29, 0.717) is 6.42 Å². The molecule has 0 aliphatic rings. The van der Waals surface area contributed by atoms with Crippen LogP contribution < -0.4 is 0 Å². The minimum Gasteiger partial charge on any atom is -0.269 e. The maximum atomic E-state index is 10.4. The summed E-state index contributed by atoms with van der Waals surface area (Å²) in [5, 5.41) is 0. The topological polar surface area (TPSA) is 43.4 Å². The van der Waals surface area contributed by atoms with Crippen molar-refractivity contribution in [3.63, 3.8) is 0 Å². The Labute approximate surface area is 74.2 Å². The minimum absolute atomic E-state index is 0.162. The lowest BCUT2D eigenvalue weighted by molar-refractivity contribution is 0.330. The zero-order valence-electron chi connectivity index (χ0n) is 7.46. The van der Waals surface area contributed by atoms with Crippen LogP contribution in [-0.2, 0) is 14.3 Å². The summed E-state index contributed by atoms with van der Waals surface area (Å²) in [4.78, 5) is 0. The average Bonchev–Trinajstić information content (AvgIpc) is 1.94. The molecule has 0 fully saturated rings. The lowest BCUT2D eigenvalue weighted by Gasteiger charge is -1.94. The summed E-state index contributed by atoms with van der Waals surface area (Å²) >= 11 is 0. The first kappa shape index (κ1) is 11.5. The van der Waals surface area contributed by atoms with Crippen molar-refractivity contribution in [3.05, 3.63) is 0 Å². The van der Waals surface area contributed by atoms with Crippen LogP contribution in [-0.4, -0.2) is 21.3 Å². The summed E-state index contributed by atoms with van der Waals surface area (Å²) in [6.45, 7) is 2.21. The number of unbranched alkanes of at least 4 members (excludes halogenated alkanes) is 1. The van der Waals surface area contributed by atoms with Gasteiger partial charge in [-0.2, -0.15) is 8.42 Å². The standard InChI is InChI=1S/C8H14O3S/c1-3-4-5-6-7-8-11-12(2,9)10/h3-4,7-8H2,1-2H3. The van der Waals surface area contributed by atoms with Gasteiger partial charge in [0.05, 0.1) is 12.9 Å². The Morgan fingerprint density at radius 2 is 1.83 bits per heavy atom. The van der Waals surface area contributed by atoms with Crippen molar-refractivity contribution in [2.24, 2.45) is 0 Å². The molecule has 4 heteroatoms. The number of hydrogen-bond acceptors (Lipinski definition) is 3. The van der Waals surface area contributed by atoms with E-state index in [4.69, 9.17) is 0 Å². The Bertz CT molecular complexity index is 256. The molecule has 0 saturated carbocycles. The van der Waals surface area contributed by atoms with E-state index in [1.54, 1.807) is 0 Å². The van der Waals surface area contributed by atoms with E-state index in [2.05, 4.69) is 16.0 Å². The molecule has 0 aromatic carbocycles. The quantitative estimate of drug-likeness (QED) is 0.379. The predicted octanol–water partition coefficient (Wildman–Crippen LogP) is 1.16. The van der Waals surface area contributed by atoms with Crippen LogP contribution in [0.3, 0.4) is 0 Å². The van der Waals surface area contributed by atoms with Gasteiger partial charge in [0.15, 0.2) is 0 Å². The van der Waals surface area contributed by atoms with Gasteiger partial charge in [-0.3, -0.25) is 4.18 Å². The van der Waals surface area contributed by atoms with Crippen LogP contribution in [0.1, 0.15) is 26.2 Å². The van der Waals surface area contributed by atoms with Crippen molar-refractivity contribution in [2.75, 3.05) is 12.9 Å². The Hall–Kier alpha value is -0.530. The number of hydrogen-bond donors (Lipinski definition) is 0. The summed E-state index contributed by atoms with van der Waals surface area (Å²) in [6, 6.07) is 0. The summed E-state index contributed by atoms with van der Waals surface area (Å²) in [5.74, 6) is 5.72. The molecule has 3 nitrogen and oxygen atoms in total. The molecule has 0 rings (SSSR count). The molecule has 0 bridgehead atoms. The molecule has 70 valence electrons. The van der Waals surface area contributed by atoms with Crippen molar-refractivity contribution in [1.82, 2.24) is 0 Å². The molecule has 0 aliphatic carbocycles. The zero-order valence-corrected chi connectivity index (χ0v) is 8.28. The highest BCUT2D eigenvalue weighted by atomic mass is 32.2. The van der Waals surface area contributed by atoms with Gasteiger partial charge in [0, 0.05) is 12.8 Å². The Morgan fingerprint density at radius 1 is 1.25 bits per heavy atom.